The number of aromatic amines is 1. The molecule has 1 atom stereocenters. The third kappa shape index (κ3) is 2.99. The monoisotopic (exact) mass is 302 g/mol. The van der Waals surface area contributed by atoms with Gasteiger partial charge in [0.1, 0.15) is 11.4 Å². The molecule has 0 spiro atoms. The molecule has 0 radical (unpaired) electrons. The van der Waals surface area contributed by atoms with Crippen molar-refractivity contribution in [3.63, 3.8) is 0 Å². The predicted molar refractivity (Wildman–Crippen MR) is 78.3 cm³/mol. The van der Waals surface area contributed by atoms with Gasteiger partial charge in [-0.3, -0.25) is 9.89 Å². The molecule has 3 rings (SSSR count). The van der Waals surface area contributed by atoms with Crippen molar-refractivity contribution in [3.05, 3.63) is 53.8 Å². The van der Waals surface area contributed by atoms with E-state index in [1.54, 1.807) is 18.5 Å². The molecule has 2 heterocycles. The van der Waals surface area contributed by atoms with Crippen molar-refractivity contribution in [2.75, 3.05) is 0 Å². The predicted octanol–water partition coefficient (Wildman–Crippen LogP) is 1.48. The second-order valence-corrected chi connectivity index (χ2v) is 5.04. The zero-order chi connectivity index (χ0) is 15.5. The molecular formula is C15H15FN4O2. The number of rotatable bonds is 5. The molecular weight excluding hydrogens is 287 g/mol. The van der Waals surface area contributed by atoms with Crippen molar-refractivity contribution in [1.29, 1.82) is 0 Å². The third-order valence-corrected chi connectivity index (χ3v) is 3.42. The maximum Gasteiger partial charge on any atom is 0.237 e. The molecule has 1 unspecified atom stereocenters. The number of furan rings is 1. The fourth-order valence-electron chi connectivity index (χ4n) is 2.24. The standard InChI is InChI=1S/C15H15FN4O2/c16-11-1-2-14-12(4-11)10(8-22-14)7-18-15(21)13(17)3-9-5-19-20-6-9/h1-2,4-6,8,13H,3,7,17H2,(H,18,21)(H,19,20). The van der Waals surface area contributed by atoms with Gasteiger partial charge in [-0.15, -0.1) is 0 Å². The number of aromatic nitrogens is 2. The van der Waals surface area contributed by atoms with Gasteiger partial charge < -0.3 is 15.5 Å². The number of nitrogens with one attached hydrogen (secondary N) is 2. The Bertz CT molecular complexity index is 782. The van der Waals surface area contributed by atoms with Gasteiger partial charge in [-0.1, -0.05) is 0 Å². The summed E-state index contributed by atoms with van der Waals surface area (Å²) < 4.78 is 18.6. The molecule has 0 bridgehead atoms. The van der Waals surface area contributed by atoms with Gasteiger partial charge in [0, 0.05) is 23.7 Å². The quantitative estimate of drug-likeness (QED) is 0.665. The lowest BCUT2D eigenvalue weighted by Crippen LogP contribution is -2.41. The number of carbonyl (C=O) groups excluding carboxylic acids is 1. The van der Waals surface area contributed by atoms with Gasteiger partial charge in [0.15, 0.2) is 0 Å². The lowest BCUT2D eigenvalue weighted by Gasteiger charge is -2.10. The van der Waals surface area contributed by atoms with Gasteiger partial charge in [0.25, 0.3) is 0 Å². The first-order chi connectivity index (χ1) is 10.6. The number of H-pyrrole nitrogens is 1. The Labute approximate surface area is 125 Å². The minimum Gasteiger partial charge on any atom is -0.464 e. The van der Waals surface area contributed by atoms with Crippen molar-refractivity contribution in [1.82, 2.24) is 15.5 Å². The number of benzene rings is 1. The Morgan fingerprint density at radius 1 is 1.50 bits per heavy atom. The minimum atomic E-state index is -0.674. The van der Waals surface area contributed by atoms with Crippen LogP contribution < -0.4 is 11.1 Å². The highest BCUT2D eigenvalue weighted by molar-refractivity contribution is 5.84. The first-order valence-corrected chi connectivity index (χ1v) is 6.80. The highest BCUT2D eigenvalue weighted by Crippen LogP contribution is 2.21. The van der Waals surface area contributed by atoms with Crippen LogP contribution in [0.2, 0.25) is 0 Å². The van der Waals surface area contributed by atoms with E-state index in [1.807, 2.05) is 0 Å². The second kappa shape index (κ2) is 5.98. The van der Waals surface area contributed by atoms with E-state index in [0.717, 1.165) is 5.56 Å². The summed E-state index contributed by atoms with van der Waals surface area (Å²) in [7, 11) is 0. The molecule has 2 aromatic heterocycles. The van der Waals surface area contributed by atoms with E-state index in [4.69, 9.17) is 10.2 Å². The van der Waals surface area contributed by atoms with Crippen LogP contribution in [0.3, 0.4) is 0 Å². The largest absolute Gasteiger partial charge is 0.464 e. The lowest BCUT2D eigenvalue weighted by atomic mass is 10.1. The summed E-state index contributed by atoms with van der Waals surface area (Å²) in [5.41, 5.74) is 7.99. The van der Waals surface area contributed by atoms with E-state index in [1.165, 1.54) is 18.4 Å². The SMILES string of the molecule is NC(Cc1cn[nH]c1)C(=O)NCc1coc2ccc(F)cc12. The van der Waals surface area contributed by atoms with Crippen LogP contribution >= 0.6 is 0 Å². The summed E-state index contributed by atoms with van der Waals surface area (Å²) >= 11 is 0. The average Bonchev–Trinajstić information content (AvgIpc) is 3.14. The van der Waals surface area contributed by atoms with Crippen LogP contribution in [-0.2, 0) is 17.8 Å². The first kappa shape index (κ1) is 14.3. The van der Waals surface area contributed by atoms with Crippen LogP contribution in [-0.4, -0.2) is 22.1 Å². The smallest absolute Gasteiger partial charge is 0.237 e. The molecule has 0 saturated carbocycles. The van der Waals surface area contributed by atoms with E-state index in [9.17, 15) is 9.18 Å². The number of amides is 1. The average molecular weight is 302 g/mol. The van der Waals surface area contributed by atoms with Crippen molar-refractivity contribution in [2.24, 2.45) is 5.73 Å². The minimum absolute atomic E-state index is 0.231. The van der Waals surface area contributed by atoms with Crippen molar-refractivity contribution >= 4 is 16.9 Å². The number of fused-ring (bicyclic) bond motifs is 1. The van der Waals surface area contributed by atoms with E-state index in [2.05, 4.69) is 15.5 Å². The molecule has 7 heteroatoms. The van der Waals surface area contributed by atoms with Crippen molar-refractivity contribution in [2.45, 2.75) is 19.0 Å². The molecule has 0 aliphatic heterocycles. The topological polar surface area (TPSA) is 96.9 Å². The molecule has 0 fully saturated rings. The van der Waals surface area contributed by atoms with E-state index in [-0.39, 0.29) is 18.3 Å². The first-order valence-electron chi connectivity index (χ1n) is 6.80. The van der Waals surface area contributed by atoms with Gasteiger partial charge in [-0.25, -0.2) is 4.39 Å². The van der Waals surface area contributed by atoms with Gasteiger partial charge in [-0.2, -0.15) is 5.10 Å². The Hall–Kier alpha value is -2.67. The number of hydrogen-bond acceptors (Lipinski definition) is 4. The maximum atomic E-state index is 13.3. The molecule has 0 saturated heterocycles. The van der Waals surface area contributed by atoms with Crippen LogP contribution in [0.1, 0.15) is 11.1 Å². The summed E-state index contributed by atoms with van der Waals surface area (Å²) in [6.45, 7) is 0.231. The van der Waals surface area contributed by atoms with Gasteiger partial charge >= 0.3 is 0 Å². The van der Waals surface area contributed by atoms with E-state index in [0.29, 0.717) is 23.0 Å². The van der Waals surface area contributed by atoms with Crippen LogP contribution in [0.5, 0.6) is 0 Å². The van der Waals surface area contributed by atoms with Crippen LogP contribution in [0, 0.1) is 5.82 Å². The molecule has 1 amide bonds. The van der Waals surface area contributed by atoms with E-state index < -0.39 is 6.04 Å². The fraction of sp³-hybridized carbons (Fsp3) is 0.200. The van der Waals surface area contributed by atoms with Gasteiger partial charge in [-0.05, 0) is 30.2 Å². The zero-order valence-electron chi connectivity index (χ0n) is 11.7. The fourth-order valence-corrected chi connectivity index (χ4v) is 2.24. The molecule has 22 heavy (non-hydrogen) atoms. The van der Waals surface area contributed by atoms with Crippen molar-refractivity contribution in [3.8, 4) is 0 Å². The number of nitrogens with two attached hydrogens (primary N) is 1. The summed E-state index contributed by atoms with van der Waals surface area (Å²) in [6, 6.07) is 3.59. The second-order valence-electron chi connectivity index (χ2n) is 5.04. The van der Waals surface area contributed by atoms with Gasteiger partial charge in [0.2, 0.25) is 5.91 Å². The molecule has 4 N–H and O–H groups in total. The van der Waals surface area contributed by atoms with Crippen LogP contribution in [0.25, 0.3) is 11.0 Å². The Morgan fingerprint density at radius 3 is 3.14 bits per heavy atom. The lowest BCUT2D eigenvalue weighted by molar-refractivity contribution is -0.122. The Kier molecular flexibility index (Phi) is 3.88. The Balaban J connectivity index is 1.63. The zero-order valence-corrected chi connectivity index (χ0v) is 11.7. The normalized spacial score (nSPS) is 12.5. The third-order valence-electron chi connectivity index (χ3n) is 3.42. The number of nitrogens with zero attached hydrogens (tertiary/aromatic N) is 1. The molecule has 3 aromatic rings. The summed E-state index contributed by atoms with van der Waals surface area (Å²) in [5, 5.41) is 9.85. The summed E-state index contributed by atoms with van der Waals surface area (Å²) in [6.07, 6.45) is 5.22. The van der Waals surface area contributed by atoms with Crippen LogP contribution in [0.15, 0.2) is 41.3 Å². The maximum absolute atomic E-state index is 13.3. The Morgan fingerprint density at radius 2 is 2.36 bits per heavy atom. The highest BCUT2D eigenvalue weighted by atomic mass is 19.1. The summed E-state index contributed by atoms with van der Waals surface area (Å²) in [5.74, 6) is -0.634. The molecule has 114 valence electrons. The molecule has 1 aromatic carbocycles. The van der Waals surface area contributed by atoms with Crippen LogP contribution in [0.4, 0.5) is 4.39 Å². The van der Waals surface area contributed by atoms with Crippen molar-refractivity contribution < 1.29 is 13.6 Å². The number of carbonyl (C=O) groups is 1. The van der Waals surface area contributed by atoms with E-state index >= 15 is 0 Å². The number of halogens is 1. The molecule has 0 aliphatic rings. The highest BCUT2D eigenvalue weighted by Gasteiger charge is 2.15. The summed E-state index contributed by atoms with van der Waals surface area (Å²) in [4.78, 5) is 12.0. The number of hydrogen-bond donors (Lipinski definition) is 3. The van der Waals surface area contributed by atoms with Gasteiger partial charge in [0.05, 0.1) is 18.5 Å². The molecule has 0 aliphatic carbocycles. The molecule has 6 nitrogen and oxygen atoms in total.